The van der Waals surface area contributed by atoms with Crippen molar-refractivity contribution in [3.63, 3.8) is 0 Å². The molecule has 0 saturated heterocycles. The lowest BCUT2D eigenvalue weighted by Gasteiger charge is -2.02. The molecule has 0 radical (unpaired) electrons. The van der Waals surface area contributed by atoms with Crippen LogP contribution < -0.4 is 0 Å². The predicted octanol–water partition coefficient (Wildman–Crippen LogP) is 0.106. The van der Waals surface area contributed by atoms with E-state index in [1.54, 1.807) is 0 Å². The summed E-state index contributed by atoms with van der Waals surface area (Å²) in [4.78, 5) is 14.7. The van der Waals surface area contributed by atoms with Crippen molar-refractivity contribution >= 4 is 17.5 Å². The minimum Gasteiger partial charge on any atom is -0.690 e. The largest absolute Gasteiger partial charge is 0.866 e. The van der Waals surface area contributed by atoms with Gasteiger partial charge in [0.05, 0.1) is 9.97 Å². The third-order valence-corrected chi connectivity index (χ3v) is 2.08. The molecule has 0 fully saturated rings. The van der Waals surface area contributed by atoms with Crippen molar-refractivity contribution in [1.29, 1.82) is 0 Å². The Morgan fingerprint density at radius 2 is 1.58 bits per heavy atom. The number of nitro groups is 2. The molecule has 0 atom stereocenters. The molecule has 2 rings (SSSR count). The molecule has 0 aliphatic heterocycles. The first kappa shape index (κ1) is 16.2. The molecule has 2 aromatic rings. The Hall–Kier alpha value is -4.19. The second kappa shape index (κ2) is 5.90. The average molecular weight is 348 g/mol. The van der Waals surface area contributed by atoms with E-state index in [1.807, 2.05) is 0 Å². The van der Waals surface area contributed by atoms with Gasteiger partial charge in [-0.3, -0.25) is 0 Å². The molecule has 0 unspecified atom stereocenters. The lowest BCUT2D eigenvalue weighted by Crippen LogP contribution is -2.49. The third-order valence-electron chi connectivity index (χ3n) is 2.08. The topological polar surface area (TPSA) is 241 Å². The molecule has 0 bridgehead atoms. The maximum absolute atomic E-state index is 13.5. The first-order chi connectivity index (χ1) is 11.3. The summed E-state index contributed by atoms with van der Waals surface area (Å²) in [5.74, 6) is -2.42. The molecule has 0 aliphatic rings. The molecular formula is C5HFN10O8. The van der Waals surface area contributed by atoms with Gasteiger partial charge in [-0.2, -0.15) is 0 Å². The zero-order valence-corrected chi connectivity index (χ0v) is 10.7. The molecule has 126 valence electrons. The SMILES string of the molecule is O=[N+]([O-])C(F)([N+](=O)[O-])[N+]([O-])=Nc1nonc1N=[N+]([O-])c1cnon1. The molecule has 2 heterocycles. The van der Waals surface area contributed by atoms with E-state index < -0.39 is 38.2 Å². The number of hydrogen-bond acceptors (Lipinski definition) is 14. The Kier molecular flexibility index (Phi) is 3.98. The highest BCUT2D eigenvalue weighted by atomic mass is 19.2. The van der Waals surface area contributed by atoms with Crippen LogP contribution in [0.15, 0.2) is 25.7 Å². The first-order valence-electron chi connectivity index (χ1n) is 5.22. The Balaban J connectivity index is 2.42. The van der Waals surface area contributed by atoms with E-state index in [-0.39, 0.29) is 4.86 Å². The van der Waals surface area contributed by atoms with Crippen LogP contribution in [0.2, 0.25) is 0 Å². The Morgan fingerprint density at radius 1 is 1.00 bits per heavy atom. The van der Waals surface area contributed by atoms with E-state index in [4.69, 9.17) is 0 Å². The number of aromatic nitrogens is 4. The lowest BCUT2D eigenvalue weighted by molar-refractivity contribution is -1.01. The predicted molar refractivity (Wildman–Crippen MR) is 57.5 cm³/mol. The molecule has 0 aromatic carbocycles. The summed E-state index contributed by atoms with van der Waals surface area (Å²) in [6.07, 6.45) is 0.826. The molecule has 24 heavy (non-hydrogen) atoms. The molecule has 0 aliphatic carbocycles. The van der Waals surface area contributed by atoms with Gasteiger partial charge in [0.1, 0.15) is 0 Å². The van der Waals surface area contributed by atoms with Crippen LogP contribution in [-0.4, -0.2) is 46.2 Å². The van der Waals surface area contributed by atoms with Crippen LogP contribution >= 0.6 is 0 Å². The molecule has 0 N–H and O–H groups in total. The fourth-order valence-corrected chi connectivity index (χ4v) is 1.04. The van der Waals surface area contributed by atoms with Crippen molar-refractivity contribution in [1.82, 2.24) is 20.6 Å². The van der Waals surface area contributed by atoms with Crippen molar-refractivity contribution in [2.24, 2.45) is 10.2 Å². The van der Waals surface area contributed by atoms with Crippen molar-refractivity contribution in [3.8, 4) is 0 Å². The van der Waals surface area contributed by atoms with E-state index in [0.717, 1.165) is 6.20 Å². The molecular weight excluding hydrogens is 347 g/mol. The van der Waals surface area contributed by atoms with Crippen molar-refractivity contribution in [3.05, 3.63) is 36.8 Å². The number of hydrogen-bond donors (Lipinski definition) is 0. The normalized spacial score (nSPS) is 13.0. The summed E-state index contributed by atoms with van der Waals surface area (Å²) in [5.41, 5.74) is 0. The molecule has 0 spiro atoms. The average Bonchev–Trinajstić information content (AvgIpc) is 3.18. The molecule has 0 saturated carbocycles. The van der Waals surface area contributed by atoms with E-state index in [1.165, 1.54) is 0 Å². The fourth-order valence-electron chi connectivity index (χ4n) is 1.04. The van der Waals surface area contributed by atoms with Crippen LogP contribution in [0.3, 0.4) is 0 Å². The van der Waals surface area contributed by atoms with E-state index in [0.29, 0.717) is 0 Å². The minimum atomic E-state index is -4.84. The molecule has 2 aromatic heterocycles. The van der Waals surface area contributed by atoms with Crippen molar-refractivity contribution in [2.75, 3.05) is 0 Å². The van der Waals surface area contributed by atoms with Gasteiger partial charge in [0, 0.05) is 0 Å². The Bertz CT molecular complexity index is 812. The second-order valence-corrected chi connectivity index (χ2v) is 3.49. The number of rotatable bonds is 6. The van der Waals surface area contributed by atoms with Gasteiger partial charge in [-0.05, 0) is 19.9 Å². The summed E-state index contributed by atoms with van der Waals surface area (Å²) in [5, 5.41) is 61.3. The lowest BCUT2D eigenvalue weighted by atomic mass is 10.7. The third kappa shape index (κ3) is 2.75. The summed E-state index contributed by atoms with van der Waals surface area (Å²) < 4.78 is 21.7. The first-order valence-corrected chi connectivity index (χ1v) is 5.22. The highest BCUT2D eigenvalue weighted by molar-refractivity contribution is 5.46. The maximum Gasteiger partial charge on any atom is 0.866 e. The molecule has 0 amide bonds. The Morgan fingerprint density at radius 3 is 2.08 bits per heavy atom. The van der Waals surface area contributed by atoms with Gasteiger partial charge in [0.2, 0.25) is 9.85 Å². The van der Waals surface area contributed by atoms with Gasteiger partial charge in [0.15, 0.2) is 11.4 Å². The summed E-state index contributed by atoms with van der Waals surface area (Å²) in [6.45, 7) is 0. The van der Waals surface area contributed by atoms with Crippen molar-refractivity contribution < 1.29 is 33.2 Å². The fraction of sp³-hybridized carbons (Fsp3) is 0.200. The maximum atomic E-state index is 13.5. The number of hydroxylamine groups is 1. The van der Waals surface area contributed by atoms with Crippen LogP contribution in [0.5, 0.6) is 0 Å². The van der Waals surface area contributed by atoms with Crippen molar-refractivity contribution in [2.45, 2.75) is 6.04 Å². The van der Waals surface area contributed by atoms with E-state index >= 15 is 0 Å². The minimum absolute atomic E-state index is 0.256. The Labute approximate surface area is 125 Å². The number of alkyl halides is 1. The second-order valence-electron chi connectivity index (χ2n) is 3.49. The summed E-state index contributed by atoms with van der Waals surface area (Å²) >= 11 is 0. The number of halogens is 1. The highest BCUT2D eigenvalue weighted by Crippen LogP contribution is 2.26. The van der Waals surface area contributed by atoms with Crippen LogP contribution in [0.1, 0.15) is 0 Å². The van der Waals surface area contributed by atoms with Gasteiger partial charge in [-0.25, -0.2) is 24.9 Å². The summed E-state index contributed by atoms with van der Waals surface area (Å²) in [7, 11) is 0. The van der Waals surface area contributed by atoms with Crippen LogP contribution in [-0.2, 0) is 0 Å². The van der Waals surface area contributed by atoms with Gasteiger partial charge < -0.3 is 10.4 Å². The number of azo groups is 2. The van der Waals surface area contributed by atoms with Crippen LogP contribution in [0, 0.1) is 30.6 Å². The monoisotopic (exact) mass is 348 g/mol. The summed E-state index contributed by atoms with van der Waals surface area (Å²) in [6, 6.07) is -4.84. The van der Waals surface area contributed by atoms with E-state index in [2.05, 4.69) is 40.1 Å². The van der Waals surface area contributed by atoms with Gasteiger partial charge in [0.25, 0.3) is 5.82 Å². The van der Waals surface area contributed by atoms with Gasteiger partial charge in [-0.15, -0.1) is 9.49 Å². The van der Waals surface area contributed by atoms with Crippen LogP contribution in [0.4, 0.5) is 21.8 Å². The standard InChI is InChI=1S/C5HFN10O8/c6-5(15(19)20,16(21)22)14(18)9-4-3(11-24-12-4)8-13(17)2-1-7-23-10-2/h1H. The smallest absolute Gasteiger partial charge is 0.690 e. The quantitative estimate of drug-likeness (QED) is 0.168. The zero-order chi connectivity index (χ0) is 17.9. The molecule has 19 heteroatoms. The van der Waals surface area contributed by atoms with Gasteiger partial charge >= 0.3 is 17.7 Å². The van der Waals surface area contributed by atoms with Gasteiger partial charge in [-0.1, -0.05) is 5.11 Å². The zero-order valence-electron chi connectivity index (χ0n) is 10.7. The van der Waals surface area contributed by atoms with Crippen LogP contribution in [0.25, 0.3) is 0 Å². The van der Waals surface area contributed by atoms with E-state index in [9.17, 15) is 35.0 Å². The molecule has 18 nitrogen and oxygen atoms in total. The number of nitrogens with zero attached hydrogens (tertiary/aromatic N) is 10. The highest BCUT2D eigenvalue weighted by Gasteiger charge is 2.72.